The van der Waals surface area contributed by atoms with Gasteiger partial charge >= 0.3 is 5.97 Å². The molecule has 1 saturated carbocycles. The van der Waals surface area contributed by atoms with Crippen LogP contribution in [-0.4, -0.2) is 23.1 Å². The number of aromatic nitrogens is 1. The van der Waals surface area contributed by atoms with Crippen molar-refractivity contribution in [2.45, 2.75) is 53.0 Å². The lowest BCUT2D eigenvalue weighted by Gasteiger charge is -2.21. The van der Waals surface area contributed by atoms with E-state index in [2.05, 4.69) is 11.4 Å². The minimum atomic E-state index is -0.520. The van der Waals surface area contributed by atoms with Crippen LogP contribution in [0.5, 0.6) is 0 Å². The van der Waals surface area contributed by atoms with Gasteiger partial charge < -0.3 is 14.6 Å². The number of esters is 1. The summed E-state index contributed by atoms with van der Waals surface area (Å²) in [6, 6.07) is 8.19. The molecule has 1 heterocycles. The Bertz CT molecular complexity index is 996. The Labute approximate surface area is 175 Å². The molecule has 0 bridgehead atoms. The minimum absolute atomic E-state index is 0.330. The average Bonchev–Trinajstić information content (AvgIpc) is 3.26. The van der Waals surface area contributed by atoms with Crippen molar-refractivity contribution in [1.29, 1.82) is 5.26 Å². The third-order valence-electron chi connectivity index (χ3n) is 5.99. The third-order valence-corrected chi connectivity index (χ3v) is 5.99. The van der Waals surface area contributed by atoms with E-state index in [4.69, 9.17) is 4.74 Å². The molecule has 1 aliphatic carbocycles. The first-order valence-electron chi connectivity index (χ1n) is 10.1. The van der Waals surface area contributed by atoms with Crippen molar-refractivity contribution in [2.75, 3.05) is 11.9 Å². The molecule has 7 heteroatoms. The number of amides is 1. The standard InChI is InChI=1S/C23H26FN3O3/c1-15-16(2)27(13-17-6-8-18(24)9-7-17)21(19(15)12-25)26-20(28)14-30-22(29)23(3)10-4-5-11-23/h6-9H,4-5,10-11,13-14H2,1-3H3,(H,26,28). The maximum absolute atomic E-state index is 13.2. The van der Waals surface area contributed by atoms with Gasteiger partial charge in [0.05, 0.1) is 11.0 Å². The lowest BCUT2D eigenvalue weighted by Crippen LogP contribution is -2.30. The number of anilines is 1. The number of ether oxygens (including phenoxy) is 1. The van der Waals surface area contributed by atoms with Crippen LogP contribution < -0.4 is 5.32 Å². The largest absolute Gasteiger partial charge is 0.455 e. The second-order valence-electron chi connectivity index (χ2n) is 8.15. The van der Waals surface area contributed by atoms with Crippen molar-refractivity contribution in [3.05, 3.63) is 52.5 Å². The molecule has 3 rings (SSSR count). The summed E-state index contributed by atoms with van der Waals surface area (Å²) < 4.78 is 20.3. The smallest absolute Gasteiger partial charge is 0.312 e. The van der Waals surface area contributed by atoms with Crippen molar-refractivity contribution in [3.8, 4) is 6.07 Å². The van der Waals surface area contributed by atoms with Crippen LogP contribution in [0.15, 0.2) is 24.3 Å². The molecule has 1 fully saturated rings. The average molecular weight is 411 g/mol. The van der Waals surface area contributed by atoms with E-state index in [1.165, 1.54) is 12.1 Å². The number of rotatable bonds is 6. The maximum atomic E-state index is 13.2. The molecule has 1 N–H and O–H groups in total. The molecule has 0 aliphatic heterocycles. The van der Waals surface area contributed by atoms with E-state index in [0.717, 1.165) is 42.5 Å². The molecule has 0 spiro atoms. The number of nitriles is 1. The van der Waals surface area contributed by atoms with Crippen LogP contribution in [0.3, 0.4) is 0 Å². The van der Waals surface area contributed by atoms with E-state index in [0.29, 0.717) is 17.9 Å². The maximum Gasteiger partial charge on any atom is 0.312 e. The second kappa shape index (κ2) is 8.70. The van der Waals surface area contributed by atoms with Crippen molar-refractivity contribution < 1.29 is 18.7 Å². The van der Waals surface area contributed by atoms with Gasteiger partial charge in [-0.25, -0.2) is 4.39 Å². The highest BCUT2D eigenvalue weighted by atomic mass is 19.1. The van der Waals surface area contributed by atoms with Gasteiger partial charge in [-0.3, -0.25) is 9.59 Å². The van der Waals surface area contributed by atoms with Gasteiger partial charge in [-0.15, -0.1) is 0 Å². The van der Waals surface area contributed by atoms with E-state index < -0.39 is 17.9 Å². The fourth-order valence-electron chi connectivity index (χ4n) is 3.93. The Morgan fingerprint density at radius 2 is 1.87 bits per heavy atom. The van der Waals surface area contributed by atoms with Crippen LogP contribution >= 0.6 is 0 Å². The SMILES string of the molecule is Cc1c(C#N)c(NC(=O)COC(=O)C2(C)CCCC2)n(Cc2ccc(F)cc2)c1C. The molecule has 158 valence electrons. The molecule has 0 unspecified atom stereocenters. The van der Waals surface area contributed by atoms with E-state index >= 15 is 0 Å². The number of carbonyl (C=O) groups excluding carboxylic acids is 2. The highest BCUT2D eigenvalue weighted by molar-refractivity contribution is 5.94. The van der Waals surface area contributed by atoms with Crippen molar-refractivity contribution in [2.24, 2.45) is 5.41 Å². The van der Waals surface area contributed by atoms with Crippen LogP contribution in [0.2, 0.25) is 0 Å². The fourth-order valence-corrected chi connectivity index (χ4v) is 3.93. The first-order valence-corrected chi connectivity index (χ1v) is 10.1. The van der Waals surface area contributed by atoms with Gasteiger partial charge in [-0.2, -0.15) is 5.26 Å². The van der Waals surface area contributed by atoms with Crippen molar-refractivity contribution in [3.63, 3.8) is 0 Å². The summed E-state index contributed by atoms with van der Waals surface area (Å²) in [5.41, 5.74) is 2.24. The lowest BCUT2D eigenvalue weighted by atomic mass is 9.89. The molecule has 1 amide bonds. The van der Waals surface area contributed by atoms with Crippen LogP contribution in [0.25, 0.3) is 0 Å². The molecular weight excluding hydrogens is 385 g/mol. The number of halogens is 1. The zero-order chi connectivity index (χ0) is 21.9. The lowest BCUT2D eigenvalue weighted by molar-refractivity contribution is -0.157. The van der Waals surface area contributed by atoms with Gasteiger partial charge in [0, 0.05) is 12.2 Å². The van der Waals surface area contributed by atoms with Crippen molar-refractivity contribution >= 4 is 17.7 Å². The van der Waals surface area contributed by atoms with Crippen LogP contribution in [-0.2, 0) is 20.9 Å². The molecule has 1 aromatic heterocycles. The number of nitrogens with zero attached hydrogens (tertiary/aromatic N) is 2. The number of benzene rings is 1. The second-order valence-corrected chi connectivity index (χ2v) is 8.15. The molecule has 30 heavy (non-hydrogen) atoms. The van der Waals surface area contributed by atoms with Crippen molar-refractivity contribution in [1.82, 2.24) is 4.57 Å². The van der Waals surface area contributed by atoms with Gasteiger partial charge in [0.15, 0.2) is 6.61 Å². The summed E-state index contributed by atoms with van der Waals surface area (Å²) in [6.07, 6.45) is 3.51. The Morgan fingerprint density at radius 1 is 1.23 bits per heavy atom. The Hall–Kier alpha value is -3.14. The van der Waals surface area contributed by atoms with Crippen LogP contribution in [0, 0.1) is 36.4 Å². The molecule has 1 aromatic carbocycles. The van der Waals surface area contributed by atoms with Crippen LogP contribution in [0.4, 0.5) is 10.2 Å². The van der Waals surface area contributed by atoms with Gasteiger partial charge in [-0.05, 0) is 56.9 Å². The summed E-state index contributed by atoms with van der Waals surface area (Å²) in [4.78, 5) is 24.9. The fraction of sp³-hybridized carbons (Fsp3) is 0.435. The summed E-state index contributed by atoms with van der Waals surface area (Å²) in [6.45, 7) is 5.50. The summed E-state index contributed by atoms with van der Waals surface area (Å²) in [5.74, 6) is -0.836. The highest BCUT2D eigenvalue weighted by Crippen LogP contribution is 2.38. The summed E-state index contributed by atoms with van der Waals surface area (Å²) >= 11 is 0. The Kier molecular flexibility index (Phi) is 6.25. The van der Waals surface area contributed by atoms with Crippen LogP contribution in [0.1, 0.15) is 55.0 Å². The number of hydrogen-bond acceptors (Lipinski definition) is 4. The molecule has 1 aliphatic rings. The number of hydrogen-bond donors (Lipinski definition) is 1. The monoisotopic (exact) mass is 411 g/mol. The van der Waals surface area contributed by atoms with Gasteiger partial charge in [0.25, 0.3) is 5.91 Å². The Balaban J connectivity index is 1.76. The first-order chi connectivity index (χ1) is 14.2. The van der Waals surface area contributed by atoms with E-state index in [1.807, 2.05) is 20.8 Å². The Morgan fingerprint density at radius 3 is 2.47 bits per heavy atom. The molecule has 2 aromatic rings. The highest BCUT2D eigenvalue weighted by Gasteiger charge is 2.38. The molecule has 0 radical (unpaired) electrons. The molecule has 0 atom stereocenters. The van der Waals surface area contributed by atoms with Gasteiger partial charge in [0.2, 0.25) is 0 Å². The van der Waals surface area contributed by atoms with E-state index in [-0.39, 0.29) is 11.8 Å². The summed E-state index contributed by atoms with van der Waals surface area (Å²) in [5, 5.41) is 12.3. The predicted molar refractivity (Wildman–Crippen MR) is 110 cm³/mol. The normalized spacial score (nSPS) is 14.9. The van der Waals surface area contributed by atoms with E-state index in [9.17, 15) is 19.2 Å². The minimum Gasteiger partial charge on any atom is -0.455 e. The molecule has 0 saturated heterocycles. The first kappa shape index (κ1) is 21.6. The zero-order valence-corrected chi connectivity index (χ0v) is 17.5. The third kappa shape index (κ3) is 4.38. The van der Waals surface area contributed by atoms with Gasteiger partial charge in [-0.1, -0.05) is 25.0 Å². The predicted octanol–water partition coefficient (Wildman–Crippen LogP) is 4.23. The van der Waals surface area contributed by atoms with E-state index in [1.54, 1.807) is 16.7 Å². The molecule has 6 nitrogen and oxygen atoms in total. The quantitative estimate of drug-likeness (QED) is 0.721. The number of carbonyl (C=O) groups is 2. The molecular formula is C23H26FN3O3. The summed E-state index contributed by atoms with van der Waals surface area (Å²) in [7, 11) is 0. The topological polar surface area (TPSA) is 84.1 Å². The van der Waals surface area contributed by atoms with Gasteiger partial charge in [0.1, 0.15) is 17.7 Å². The zero-order valence-electron chi connectivity index (χ0n) is 17.5. The number of nitrogens with one attached hydrogen (secondary N) is 1.